The largest absolute Gasteiger partial charge is 0.349 e. The molecule has 2 amide bonds. The number of rotatable bonds is 7. The van der Waals surface area contributed by atoms with Crippen molar-refractivity contribution >= 4 is 44.5 Å². The van der Waals surface area contributed by atoms with Crippen LogP contribution < -0.4 is 10.6 Å². The summed E-state index contributed by atoms with van der Waals surface area (Å²) < 4.78 is 0. The van der Waals surface area contributed by atoms with Gasteiger partial charge in [0.25, 0.3) is 11.8 Å². The number of nitro groups is 2. The minimum atomic E-state index is -0.839. The van der Waals surface area contributed by atoms with Crippen molar-refractivity contribution in [1.29, 1.82) is 0 Å². The van der Waals surface area contributed by atoms with Crippen LogP contribution in [0.25, 0.3) is 0 Å². The Bertz CT molecular complexity index is 872. The Kier molecular flexibility index (Phi) is 5.67. The molecule has 0 unspecified atom stereocenters. The van der Waals surface area contributed by atoms with Crippen LogP contribution in [-0.2, 0) is 0 Å². The summed E-state index contributed by atoms with van der Waals surface area (Å²) in [5.74, 6) is -0.980. The SMILES string of the molecule is CC(C)(CNC(=O)c1ccc([N+](=O)[O-])s1)NC(=O)c1ccc([N+](=O)[O-])s1. The molecule has 2 N–H and O–H groups in total. The average molecular weight is 398 g/mol. The van der Waals surface area contributed by atoms with Crippen LogP contribution in [0.15, 0.2) is 24.3 Å². The maximum Gasteiger partial charge on any atom is 0.324 e. The summed E-state index contributed by atoms with van der Waals surface area (Å²) >= 11 is 1.51. The third-order valence-corrected chi connectivity index (χ3v) is 5.21. The van der Waals surface area contributed by atoms with Gasteiger partial charge < -0.3 is 10.6 Å². The number of carbonyl (C=O) groups excluding carboxylic acids is 2. The number of hydrogen-bond donors (Lipinski definition) is 2. The molecule has 0 saturated heterocycles. The molecule has 10 nitrogen and oxygen atoms in total. The van der Waals surface area contributed by atoms with E-state index >= 15 is 0 Å². The standard InChI is InChI=1S/C14H14N4O6S2/c1-14(2,16-13(20)9-4-6-11(26-9)18(23)24)7-15-12(19)8-3-5-10(25-8)17(21)22/h3-6H,7H2,1-2H3,(H,15,19)(H,16,20). The molecule has 2 aromatic heterocycles. The monoisotopic (exact) mass is 398 g/mol. The van der Waals surface area contributed by atoms with E-state index in [1.807, 2.05) is 0 Å². The minimum absolute atomic E-state index is 0.0662. The Labute approximate surface area is 155 Å². The second kappa shape index (κ2) is 7.58. The van der Waals surface area contributed by atoms with Crippen LogP contribution in [0.5, 0.6) is 0 Å². The zero-order valence-electron chi connectivity index (χ0n) is 13.7. The van der Waals surface area contributed by atoms with E-state index in [-0.39, 0.29) is 26.3 Å². The molecule has 0 aromatic carbocycles. The zero-order valence-corrected chi connectivity index (χ0v) is 15.3. The first-order chi connectivity index (χ1) is 12.1. The molecule has 138 valence electrons. The lowest BCUT2D eigenvalue weighted by Crippen LogP contribution is -2.51. The van der Waals surface area contributed by atoms with E-state index in [1.165, 1.54) is 24.3 Å². The van der Waals surface area contributed by atoms with Crippen molar-refractivity contribution in [2.45, 2.75) is 19.4 Å². The highest BCUT2D eigenvalue weighted by Crippen LogP contribution is 2.25. The van der Waals surface area contributed by atoms with Crippen LogP contribution in [0.3, 0.4) is 0 Å². The van der Waals surface area contributed by atoms with E-state index in [0.717, 1.165) is 22.7 Å². The normalized spacial score (nSPS) is 11.0. The Hall–Kier alpha value is -2.86. The second-order valence-corrected chi connectivity index (χ2v) is 7.94. The van der Waals surface area contributed by atoms with E-state index in [4.69, 9.17) is 0 Å². The number of hydrogen-bond acceptors (Lipinski definition) is 8. The first-order valence-electron chi connectivity index (χ1n) is 7.18. The molecule has 0 bridgehead atoms. The molecule has 0 atom stereocenters. The molecule has 2 aromatic rings. The van der Waals surface area contributed by atoms with Crippen molar-refractivity contribution in [3.05, 3.63) is 54.2 Å². The lowest BCUT2D eigenvalue weighted by Gasteiger charge is -2.26. The lowest BCUT2D eigenvalue weighted by atomic mass is 10.1. The van der Waals surface area contributed by atoms with Gasteiger partial charge in [-0.05, 0) is 26.0 Å². The molecule has 0 spiro atoms. The number of thiophene rings is 2. The number of amides is 2. The Morgan fingerprint density at radius 1 is 0.962 bits per heavy atom. The molecular formula is C14H14N4O6S2. The van der Waals surface area contributed by atoms with Crippen LogP contribution in [-0.4, -0.2) is 33.7 Å². The summed E-state index contributed by atoms with van der Waals surface area (Å²) in [5.41, 5.74) is -0.839. The van der Waals surface area contributed by atoms with E-state index < -0.39 is 27.2 Å². The first-order valence-corrected chi connectivity index (χ1v) is 8.81. The fourth-order valence-electron chi connectivity index (χ4n) is 1.90. The second-order valence-electron chi connectivity index (χ2n) is 5.81. The van der Waals surface area contributed by atoms with Gasteiger partial charge in [0.2, 0.25) is 0 Å². The van der Waals surface area contributed by atoms with Crippen molar-refractivity contribution in [2.75, 3.05) is 6.54 Å². The Morgan fingerprint density at radius 2 is 1.42 bits per heavy atom. The number of nitrogens with zero attached hydrogens (tertiary/aromatic N) is 2. The fraction of sp³-hybridized carbons (Fsp3) is 0.286. The third-order valence-electron chi connectivity index (χ3n) is 3.13. The van der Waals surface area contributed by atoms with Gasteiger partial charge in [0, 0.05) is 18.7 Å². The molecule has 0 aliphatic rings. The number of carbonyl (C=O) groups is 2. The van der Waals surface area contributed by atoms with Crippen LogP contribution in [0.2, 0.25) is 0 Å². The van der Waals surface area contributed by atoms with Gasteiger partial charge in [-0.3, -0.25) is 29.8 Å². The molecular weight excluding hydrogens is 384 g/mol. The average Bonchev–Trinajstić information content (AvgIpc) is 3.21. The molecule has 12 heteroatoms. The quantitative estimate of drug-likeness (QED) is 0.541. The van der Waals surface area contributed by atoms with Gasteiger partial charge in [0.1, 0.15) is 0 Å². The molecule has 2 rings (SSSR count). The van der Waals surface area contributed by atoms with Crippen molar-refractivity contribution in [2.24, 2.45) is 0 Å². The van der Waals surface area contributed by atoms with Crippen LogP contribution in [0.4, 0.5) is 10.0 Å². The highest BCUT2D eigenvalue weighted by atomic mass is 32.1. The van der Waals surface area contributed by atoms with Crippen molar-refractivity contribution in [3.8, 4) is 0 Å². The molecule has 0 fully saturated rings. The van der Waals surface area contributed by atoms with E-state index in [0.29, 0.717) is 0 Å². The van der Waals surface area contributed by atoms with E-state index in [9.17, 15) is 29.8 Å². The van der Waals surface area contributed by atoms with Gasteiger partial charge in [-0.2, -0.15) is 0 Å². The van der Waals surface area contributed by atoms with Crippen molar-refractivity contribution in [3.63, 3.8) is 0 Å². The molecule has 0 aliphatic carbocycles. The Morgan fingerprint density at radius 3 is 1.85 bits per heavy atom. The van der Waals surface area contributed by atoms with Gasteiger partial charge in [-0.15, -0.1) is 0 Å². The molecule has 0 saturated carbocycles. The van der Waals surface area contributed by atoms with Gasteiger partial charge in [-0.1, -0.05) is 22.7 Å². The van der Waals surface area contributed by atoms with E-state index in [1.54, 1.807) is 13.8 Å². The third kappa shape index (κ3) is 4.83. The molecule has 0 aliphatic heterocycles. The van der Waals surface area contributed by atoms with Crippen LogP contribution >= 0.6 is 22.7 Å². The summed E-state index contributed by atoms with van der Waals surface area (Å²) in [6.07, 6.45) is 0. The maximum atomic E-state index is 12.2. The number of nitrogens with one attached hydrogen (secondary N) is 2. The molecule has 26 heavy (non-hydrogen) atoms. The topological polar surface area (TPSA) is 144 Å². The highest BCUT2D eigenvalue weighted by molar-refractivity contribution is 7.17. The lowest BCUT2D eigenvalue weighted by molar-refractivity contribution is -0.380. The Balaban J connectivity index is 1.94. The summed E-state index contributed by atoms with van der Waals surface area (Å²) in [4.78, 5) is 44.8. The smallest absolute Gasteiger partial charge is 0.324 e. The predicted molar refractivity (Wildman–Crippen MR) is 95.8 cm³/mol. The van der Waals surface area contributed by atoms with Gasteiger partial charge >= 0.3 is 10.0 Å². The summed E-state index contributed by atoms with van der Waals surface area (Å²) in [6, 6.07) is 5.21. The van der Waals surface area contributed by atoms with Gasteiger partial charge in [-0.25, -0.2) is 0 Å². The van der Waals surface area contributed by atoms with Gasteiger partial charge in [0.05, 0.1) is 25.1 Å². The predicted octanol–water partition coefficient (Wildman–Crippen LogP) is 2.56. The van der Waals surface area contributed by atoms with Crippen molar-refractivity contribution < 1.29 is 19.4 Å². The molecule has 2 heterocycles. The summed E-state index contributed by atoms with van der Waals surface area (Å²) in [6.45, 7) is 3.41. The van der Waals surface area contributed by atoms with Crippen LogP contribution in [0, 0.1) is 20.2 Å². The minimum Gasteiger partial charge on any atom is -0.349 e. The van der Waals surface area contributed by atoms with Crippen LogP contribution in [0.1, 0.15) is 33.2 Å². The maximum absolute atomic E-state index is 12.2. The highest BCUT2D eigenvalue weighted by Gasteiger charge is 2.25. The summed E-state index contributed by atoms with van der Waals surface area (Å²) in [7, 11) is 0. The van der Waals surface area contributed by atoms with E-state index in [2.05, 4.69) is 10.6 Å². The first kappa shape index (κ1) is 19.5. The summed E-state index contributed by atoms with van der Waals surface area (Å²) in [5, 5.41) is 26.3. The van der Waals surface area contributed by atoms with Gasteiger partial charge in [0.15, 0.2) is 0 Å². The van der Waals surface area contributed by atoms with Crippen molar-refractivity contribution in [1.82, 2.24) is 10.6 Å². The fourth-order valence-corrected chi connectivity index (χ4v) is 3.35. The zero-order chi connectivity index (χ0) is 19.5. The molecule has 0 radical (unpaired) electrons.